The molecule has 0 aromatic rings. The molecule has 1 heterocycles. The van der Waals surface area contributed by atoms with Crippen LogP contribution < -0.4 is 0 Å². The van der Waals surface area contributed by atoms with Crippen LogP contribution in [0, 0.1) is 5.41 Å². The number of carbonyl (C=O) groups is 1. The first kappa shape index (κ1) is 23.2. The van der Waals surface area contributed by atoms with Crippen LogP contribution in [0.3, 0.4) is 0 Å². The summed E-state index contributed by atoms with van der Waals surface area (Å²) >= 11 is 16.9. The molecule has 1 rings (SSSR count). The summed E-state index contributed by atoms with van der Waals surface area (Å²) in [6.45, 7) is 10.5. The average molecular weight is 431 g/mol. The van der Waals surface area contributed by atoms with Gasteiger partial charge in [-0.3, -0.25) is 10.2 Å². The summed E-state index contributed by atoms with van der Waals surface area (Å²) in [4.78, 5) is 11.6. The molecule has 0 aromatic carbocycles. The molecule has 0 aliphatic carbocycles. The lowest BCUT2D eigenvalue weighted by atomic mass is 9.99. The first-order valence-corrected chi connectivity index (χ1v) is 8.85. The number of rotatable bonds is 8. The van der Waals surface area contributed by atoms with E-state index in [2.05, 4.69) is 13.2 Å². The van der Waals surface area contributed by atoms with Crippen molar-refractivity contribution in [2.45, 2.75) is 48.3 Å². The van der Waals surface area contributed by atoms with E-state index in [9.17, 15) is 4.79 Å². The number of alkyl halides is 3. The molecule has 7 nitrogen and oxygen atoms in total. The highest BCUT2D eigenvalue weighted by atomic mass is 35.6. The van der Waals surface area contributed by atoms with Gasteiger partial charge in [-0.15, -0.1) is 13.2 Å². The zero-order chi connectivity index (χ0) is 19.9. The highest BCUT2D eigenvalue weighted by molar-refractivity contribution is 6.76. The van der Waals surface area contributed by atoms with Crippen LogP contribution >= 0.6 is 34.8 Å². The predicted molar refractivity (Wildman–Crippen MR) is 98.9 cm³/mol. The van der Waals surface area contributed by atoms with Gasteiger partial charge in [0.2, 0.25) is 12.2 Å². The van der Waals surface area contributed by atoms with Crippen LogP contribution in [-0.2, 0) is 28.5 Å². The second kappa shape index (κ2) is 10.5. The number of halogens is 3. The summed E-state index contributed by atoms with van der Waals surface area (Å²) in [6, 6.07) is 0. The van der Waals surface area contributed by atoms with Crippen molar-refractivity contribution in [2.24, 2.45) is 0 Å². The van der Waals surface area contributed by atoms with E-state index in [1.54, 1.807) is 13.0 Å². The maximum absolute atomic E-state index is 11.6. The van der Waals surface area contributed by atoms with Gasteiger partial charge in [0.05, 0.1) is 19.3 Å². The van der Waals surface area contributed by atoms with Crippen LogP contribution in [-0.4, -0.2) is 59.6 Å². The molecule has 0 unspecified atom stereocenters. The zero-order valence-electron chi connectivity index (χ0n) is 14.5. The third kappa shape index (κ3) is 6.72. The lowest BCUT2D eigenvalue weighted by Crippen LogP contribution is -2.61. The van der Waals surface area contributed by atoms with E-state index in [4.69, 9.17) is 63.9 Å². The van der Waals surface area contributed by atoms with E-state index in [1.807, 2.05) is 0 Å². The molecule has 1 N–H and O–H groups in total. The fourth-order valence-electron chi connectivity index (χ4n) is 2.35. The van der Waals surface area contributed by atoms with Gasteiger partial charge in [0, 0.05) is 6.92 Å². The first-order chi connectivity index (χ1) is 12.1. The Bertz CT molecular complexity index is 525. The molecular weight excluding hydrogens is 409 g/mol. The summed E-state index contributed by atoms with van der Waals surface area (Å²) in [5.41, 5.74) is 0. The minimum atomic E-state index is -2.10. The van der Waals surface area contributed by atoms with E-state index in [-0.39, 0.29) is 13.2 Å². The van der Waals surface area contributed by atoms with Crippen LogP contribution in [0.15, 0.2) is 25.3 Å². The third-order valence-corrected chi connectivity index (χ3v) is 3.85. The van der Waals surface area contributed by atoms with E-state index < -0.39 is 46.4 Å². The fourth-order valence-corrected chi connectivity index (χ4v) is 2.48. The van der Waals surface area contributed by atoms with Crippen LogP contribution in [0.1, 0.15) is 13.8 Å². The number of esters is 1. The third-order valence-electron chi connectivity index (χ3n) is 3.33. The molecule has 1 fully saturated rings. The number of nitrogens with one attached hydrogen (secondary N) is 1. The number of ether oxygens (including phenoxy) is 5. The number of hydrogen-bond acceptors (Lipinski definition) is 7. The molecule has 0 bridgehead atoms. The maximum Gasteiger partial charge on any atom is 0.303 e. The van der Waals surface area contributed by atoms with Gasteiger partial charge >= 0.3 is 5.97 Å². The smallest absolute Gasteiger partial charge is 0.303 e. The number of hydrogen-bond donors (Lipinski definition) is 1. The van der Waals surface area contributed by atoms with Crippen molar-refractivity contribution in [1.29, 1.82) is 5.41 Å². The molecule has 1 saturated heterocycles. The van der Waals surface area contributed by atoms with Crippen LogP contribution in [0.2, 0.25) is 0 Å². The average Bonchev–Trinajstić information content (AvgIpc) is 2.53. The summed E-state index contributed by atoms with van der Waals surface area (Å²) in [5, 5.41) is 7.74. The Labute approximate surface area is 167 Å². The minimum absolute atomic E-state index is 0.164. The van der Waals surface area contributed by atoms with Crippen molar-refractivity contribution in [3.05, 3.63) is 25.3 Å². The van der Waals surface area contributed by atoms with Gasteiger partial charge < -0.3 is 23.7 Å². The molecular formula is C16H22Cl3NO6. The summed E-state index contributed by atoms with van der Waals surface area (Å²) in [6.07, 6.45) is -1.09. The molecule has 5 atom stereocenters. The summed E-state index contributed by atoms with van der Waals surface area (Å²) < 4.78 is 25.7. The molecule has 0 aromatic heterocycles. The van der Waals surface area contributed by atoms with Crippen molar-refractivity contribution in [2.75, 3.05) is 13.2 Å². The first-order valence-electron chi connectivity index (χ1n) is 7.71. The second-order valence-corrected chi connectivity index (χ2v) is 7.68. The molecule has 0 radical (unpaired) electrons. The van der Waals surface area contributed by atoms with E-state index >= 15 is 0 Å². The Hall–Kier alpha value is -0.830. The van der Waals surface area contributed by atoms with Crippen molar-refractivity contribution in [1.82, 2.24) is 0 Å². The van der Waals surface area contributed by atoms with Crippen LogP contribution in [0.5, 0.6) is 0 Å². The lowest BCUT2D eigenvalue weighted by Gasteiger charge is -2.44. The van der Waals surface area contributed by atoms with Gasteiger partial charge in [-0.25, -0.2) is 0 Å². The topological polar surface area (TPSA) is 87.1 Å². The van der Waals surface area contributed by atoms with Gasteiger partial charge in [0.1, 0.15) is 12.2 Å². The SMILES string of the molecule is C=CCO[C@@H]1[C@@H](OCC=C)[C@H](C)O[C@@H](OC(=N)C(Cl)(Cl)Cl)[C@@H]1OC(C)=O. The molecule has 26 heavy (non-hydrogen) atoms. The largest absolute Gasteiger partial charge is 0.453 e. The minimum Gasteiger partial charge on any atom is -0.453 e. The Morgan fingerprint density at radius 2 is 1.65 bits per heavy atom. The molecule has 0 spiro atoms. The molecule has 0 saturated carbocycles. The van der Waals surface area contributed by atoms with E-state index in [0.717, 1.165) is 0 Å². The van der Waals surface area contributed by atoms with Gasteiger partial charge in [-0.05, 0) is 6.92 Å². The van der Waals surface area contributed by atoms with E-state index in [1.165, 1.54) is 13.0 Å². The highest BCUT2D eigenvalue weighted by Gasteiger charge is 2.50. The normalized spacial score (nSPS) is 28.9. The van der Waals surface area contributed by atoms with E-state index in [0.29, 0.717) is 0 Å². The monoisotopic (exact) mass is 429 g/mol. The summed E-state index contributed by atoms with van der Waals surface area (Å²) in [5.74, 6) is -1.28. The summed E-state index contributed by atoms with van der Waals surface area (Å²) in [7, 11) is 0. The highest BCUT2D eigenvalue weighted by Crippen LogP contribution is 2.33. The lowest BCUT2D eigenvalue weighted by molar-refractivity contribution is -0.290. The molecule has 10 heteroatoms. The van der Waals surface area contributed by atoms with Crippen molar-refractivity contribution >= 4 is 46.7 Å². The van der Waals surface area contributed by atoms with Crippen LogP contribution in [0.4, 0.5) is 0 Å². The second-order valence-electron chi connectivity index (χ2n) is 5.40. The number of carbonyl (C=O) groups excluding carboxylic acids is 1. The van der Waals surface area contributed by atoms with Crippen molar-refractivity contribution in [3.63, 3.8) is 0 Å². The van der Waals surface area contributed by atoms with Crippen molar-refractivity contribution in [3.8, 4) is 0 Å². The zero-order valence-corrected chi connectivity index (χ0v) is 16.7. The molecule has 1 aliphatic rings. The predicted octanol–water partition coefficient (Wildman–Crippen LogP) is 3.17. The van der Waals surface area contributed by atoms with Gasteiger partial charge in [0.15, 0.2) is 6.10 Å². The Kier molecular flexibility index (Phi) is 9.36. The fraction of sp³-hybridized carbons (Fsp3) is 0.625. The Balaban J connectivity index is 3.12. The van der Waals surface area contributed by atoms with Gasteiger partial charge in [-0.2, -0.15) is 0 Å². The van der Waals surface area contributed by atoms with Gasteiger partial charge in [-0.1, -0.05) is 47.0 Å². The Morgan fingerprint density at radius 3 is 2.12 bits per heavy atom. The Morgan fingerprint density at radius 1 is 1.12 bits per heavy atom. The molecule has 1 aliphatic heterocycles. The standard InChI is InChI=1S/C16H22Cl3NO6/c1-5-7-22-11-9(3)24-14(26-15(20)16(17,18)19)13(25-10(4)21)12(11)23-8-6-2/h5-6,9,11-14,20H,1-2,7-8H2,3-4H3/t9-,11-,12+,13+,14-/m0/s1. The molecule has 148 valence electrons. The van der Waals surface area contributed by atoms with Crippen LogP contribution in [0.25, 0.3) is 0 Å². The van der Waals surface area contributed by atoms with Crippen molar-refractivity contribution < 1.29 is 28.5 Å². The quantitative estimate of drug-likeness (QED) is 0.209. The van der Waals surface area contributed by atoms with Gasteiger partial charge in [0.25, 0.3) is 3.79 Å². The maximum atomic E-state index is 11.6. The molecule has 0 amide bonds.